The van der Waals surface area contributed by atoms with Crippen molar-refractivity contribution >= 4 is 11.6 Å². The minimum atomic E-state index is -0.533. The lowest BCUT2D eigenvalue weighted by Crippen LogP contribution is -2.37. The van der Waals surface area contributed by atoms with Gasteiger partial charge in [0.05, 0.1) is 17.5 Å². The van der Waals surface area contributed by atoms with Crippen LogP contribution < -0.4 is 11.1 Å². The molecule has 1 aromatic heterocycles. The first kappa shape index (κ1) is 16.5. The maximum atomic E-state index is 12.2. The van der Waals surface area contributed by atoms with Crippen LogP contribution in [0.3, 0.4) is 0 Å². The van der Waals surface area contributed by atoms with Gasteiger partial charge in [-0.15, -0.1) is 0 Å². The fraction of sp³-hybridized carbons (Fsp3) is 0.714. The summed E-state index contributed by atoms with van der Waals surface area (Å²) in [5, 5.41) is 17.0. The van der Waals surface area contributed by atoms with Gasteiger partial charge in [-0.05, 0) is 12.3 Å². The van der Waals surface area contributed by atoms with E-state index in [-0.39, 0.29) is 18.4 Å². The van der Waals surface area contributed by atoms with Crippen molar-refractivity contribution in [1.82, 2.24) is 15.1 Å². The molecule has 0 saturated heterocycles. The van der Waals surface area contributed by atoms with E-state index in [0.29, 0.717) is 17.8 Å². The Morgan fingerprint density at radius 1 is 1.40 bits per heavy atom. The van der Waals surface area contributed by atoms with E-state index in [0.717, 1.165) is 18.5 Å². The van der Waals surface area contributed by atoms with E-state index in [1.54, 1.807) is 7.05 Å². The van der Waals surface area contributed by atoms with Crippen molar-refractivity contribution < 1.29 is 9.90 Å². The average molecular weight is 282 g/mol. The minimum Gasteiger partial charge on any atom is -0.395 e. The van der Waals surface area contributed by atoms with Crippen LogP contribution in [0.5, 0.6) is 0 Å². The van der Waals surface area contributed by atoms with Crippen LogP contribution in [-0.2, 0) is 13.5 Å². The number of nitrogen functional groups attached to an aromatic ring is 1. The van der Waals surface area contributed by atoms with E-state index in [1.165, 1.54) is 4.68 Å². The van der Waals surface area contributed by atoms with E-state index in [9.17, 15) is 9.90 Å². The number of nitrogens with zero attached hydrogens (tertiary/aromatic N) is 2. The molecule has 0 fully saturated rings. The third-order valence-electron chi connectivity index (χ3n) is 3.77. The number of aliphatic hydroxyl groups excluding tert-OH is 1. The highest BCUT2D eigenvalue weighted by molar-refractivity contribution is 5.97. The molecule has 1 atom stereocenters. The molecule has 0 spiro atoms. The van der Waals surface area contributed by atoms with Gasteiger partial charge in [0, 0.05) is 13.6 Å². The van der Waals surface area contributed by atoms with E-state index >= 15 is 0 Å². The normalized spacial score (nSPS) is 12.7. The Labute approximate surface area is 120 Å². The number of carbonyl (C=O) groups is 1. The van der Waals surface area contributed by atoms with Gasteiger partial charge in [0.25, 0.3) is 5.91 Å². The summed E-state index contributed by atoms with van der Waals surface area (Å²) < 4.78 is 1.49. The highest BCUT2D eigenvalue weighted by Crippen LogP contribution is 2.17. The number of hydrogen-bond acceptors (Lipinski definition) is 4. The second-order valence-corrected chi connectivity index (χ2v) is 5.04. The average Bonchev–Trinajstić information content (AvgIpc) is 2.72. The molecule has 0 radical (unpaired) electrons. The largest absolute Gasteiger partial charge is 0.395 e. The van der Waals surface area contributed by atoms with Crippen molar-refractivity contribution in [2.75, 3.05) is 12.3 Å². The number of aliphatic hydroxyl groups is 1. The first-order valence-corrected chi connectivity index (χ1v) is 7.23. The molecule has 0 bridgehead atoms. The number of hydrogen-bond donors (Lipinski definition) is 3. The molecule has 1 rings (SSSR count). The quantitative estimate of drug-likeness (QED) is 0.698. The van der Waals surface area contributed by atoms with E-state index in [1.807, 2.05) is 20.8 Å². The topological polar surface area (TPSA) is 93.2 Å². The van der Waals surface area contributed by atoms with Crippen molar-refractivity contribution in [3.63, 3.8) is 0 Å². The molecule has 114 valence electrons. The molecule has 0 aliphatic heterocycles. The monoisotopic (exact) mass is 282 g/mol. The summed E-state index contributed by atoms with van der Waals surface area (Å²) in [4.78, 5) is 12.2. The Morgan fingerprint density at radius 2 is 2.00 bits per heavy atom. The molecule has 4 N–H and O–H groups in total. The maximum Gasteiger partial charge on any atom is 0.271 e. The van der Waals surface area contributed by atoms with Crippen LogP contribution in [0.1, 0.15) is 49.8 Å². The molecular formula is C14H26N4O2. The van der Waals surface area contributed by atoms with Gasteiger partial charge < -0.3 is 16.2 Å². The Balaban J connectivity index is 2.70. The van der Waals surface area contributed by atoms with Crippen molar-refractivity contribution in [2.45, 2.75) is 46.1 Å². The number of nitrogens with two attached hydrogens (primary N) is 1. The van der Waals surface area contributed by atoms with Crippen LogP contribution in [0, 0.1) is 5.92 Å². The first-order valence-electron chi connectivity index (χ1n) is 7.23. The zero-order valence-electron chi connectivity index (χ0n) is 12.8. The van der Waals surface area contributed by atoms with Crippen molar-refractivity contribution in [3.05, 3.63) is 11.4 Å². The fourth-order valence-electron chi connectivity index (χ4n) is 2.41. The number of anilines is 1. The summed E-state index contributed by atoms with van der Waals surface area (Å²) in [6.07, 6.45) is 1.93. The fourth-order valence-corrected chi connectivity index (χ4v) is 2.41. The number of aryl methyl sites for hydroxylation is 2. The molecule has 0 aromatic carbocycles. The Kier molecular flexibility index (Phi) is 6.01. The molecule has 20 heavy (non-hydrogen) atoms. The summed E-state index contributed by atoms with van der Waals surface area (Å²) in [6, 6.07) is 0. The standard InChI is InChI=1S/C14H26N4O2/c1-5-9(6-2)11(19)8-16-14(20)13-12(15)10(7-3)17-18(13)4/h9,11,19H,5-8,15H2,1-4H3,(H,16,20). The highest BCUT2D eigenvalue weighted by Gasteiger charge is 2.21. The van der Waals surface area contributed by atoms with E-state index in [2.05, 4.69) is 10.4 Å². The van der Waals surface area contributed by atoms with Gasteiger partial charge in [0.1, 0.15) is 5.69 Å². The zero-order valence-corrected chi connectivity index (χ0v) is 12.8. The summed E-state index contributed by atoms with van der Waals surface area (Å²) in [7, 11) is 1.70. The lowest BCUT2D eigenvalue weighted by molar-refractivity contribution is 0.0810. The number of nitrogens with one attached hydrogen (secondary N) is 1. The Morgan fingerprint density at radius 3 is 2.45 bits per heavy atom. The molecule has 0 saturated carbocycles. The SMILES string of the molecule is CCc1nn(C)c(C(=O)NCC(O)C(CC)CC)c1N. The Hall–Kier alpha value is -1.56. The smallest absolute Gasteiger partial charge is 0.271 e. The van der Waals surface area contributed by atoms with Crippen LogP contribution in [-0.4, -0.2) is 33.4 Å². The molecule has 0 aliphatic rings. The van der Waals surface area contributed by atoms with Gasteiger partial charge in [0.15, 0.2) is 0 Å². The second-order valence-electron chi connectivity index (χ2n) is 5.04. The van der Waals surface area contributed by atoms with Crippen LogP contribution in [0.4, 0.5) is 5.69 Å². The lowest BCUT2D eigenvalue weighted by Gasteiger charge is -2.20. The number of aromatic nitrogens is 2. The highest BCUT2D eigenvalue weighted by atomic mass is 16.3. The third kappa shape index (κ3) is 3.50. The first-order chi connectivity index (χ1) is 9.46. The molecular weight excluding hydrogens is 256 g/mol. The van der Waals surface area contributed by atoms with Crippen LogP contribution in [0.2, 0.25) is 0 Å². The molecule has 6 heteroatoms. The minimum absolute atomic E-state index is 0.199. The summed E-state index contributed by atoms with van der Waals surface area (Å²) in [5.74, 6) is -0.0902. The van der Waals surface area contributed by atoms with Gasteiger partial charge in [-0.2, -0.15) is 5.10 Å². The van der Waals surface area contributed by atoms with Crippen molar-refractivity contribution in [2.24, 2.45) is 13.0 Å². The molecule has 1 heterocycles. The maximum absolute atomic E-state index is 12.2. The van der Waals surface area contributed by atoms with E-state index < -0.39 is 6.10 Å². The van der Waals surface area contributed by atoms with Crippen LogP contribution >= 0.6 is 0 Å². The van der Waals surface area contributed by atoms with Gasteiger partial charge in [0.2, 0.25) is 0 Å². The lowest BCUT2D eigenvalue weighted by atomic mass is 9.96. The third-order valence-corrected chi connectivity index (χ3v) is 3.77. The molecule has 1 unspecified atom stereocenters. The second kappa shape index (κ2) is 7.28. The van der Waals surface area contributed by atoms with Gasteiger partial charge in [-0.25, -0.2) is 0 Å². The van der Waals surface area contributed by atoms with Crippen molar-refractivity contribution in [1.29, 1.82) is 0 Å². The summed E-state index contributed by atoms with van der Waals surface area (Å²) in [6.45, 7) is 6.24. The van der Waals surface area contributed by atoms with Gasteiger partial charge in [-0.1, -0.05) is 33.6 Å². The predicted octanol–water partition coefficient (Wildman–Crippen LogP) is 1.09. The number of carbonyl (C=O) groups excluding carboxylic acids is 1. The molecule has 0 aliphatic carbocycles. The molecule has 1 amide bonds. The number of rotatable bonds is 7. The summed E-state index contributed by atoms with van der Waals surface area (Å²) in [5.41, 5.74) is 7.43. The predicted molar refractivity (Wildman–Crippen MR) is 79.4 cm³/mol. The van der Waals surface area contributed by atoms with E-state index in [4.69, 9.17) is 5.73 Å². The summed E-state index contributed by atoms with van der Waals surface area (Å²) >= 11 is 0. The number of amides is 1. The van der Waals surface area contributed by atoms with Crippen molar-refractivity contribution in [3.8, 4) is 0 Å². The molecule has 6 nitrogen and oxygen atoms in total. The van der Waals surface area contributed by atoms with Crippen LogP contribution in [0.15, 0.2) is 0 Å². The van der Waals surface area contributed by atoms with Crippen LogP contribution in [0.25, 0.3) is 0 Å². The molecule has 1 aromatic rings. The van der Waals surface area contributed by atoms with Gasteiger partial charge in [-0.3, -0.25) is 9.48 Å². The van der Waals surface area contributed by atoms with Gasteiger partial charge >= 0.3 is 0 Å². The zero-order chi connectivity index (χ0) is 15.3. The Bertz CT molecular complexity index is 452.